The van der Waals surface area contributed by atoms with Crippen molar-refractivity contribution in [2.75, 3.05) is 5.32 Å². The first kappa shape index (κ1) is 14.0. The van der Waals surface area contributed by atoms with Crippen molar-refractivity contribution < 1.29 is 4.79 Å². The van der Waals surface area contributed by atoms with Gasteiger partial charge in [-0.25, -0.2) is 0 Å². The van der Waals surface area contributed by atoms with Crippen molar-refractivity contribution >= 4 is 22.5 Å². The number of para-hydroxylation sites is 1. The van der Waals surface area contributed by atoms with E-state index in [-0.39, 0.29) is 5.91 Å². The number of carbonyl (C=O) groups excluding carboxylic acids is 1. The monoisotopic (exact) mass is 305 g/mol. The van der Waals surface area contributed by atoms with Gasteiger partial charge in [0.2, 0.25) is 5.91 Å². The van der Waals surface area contributed by atoms with Gasteiger partial charge in [0, 0.05) is 28.7 Å². The fourth-order valence-electron chi connectivity index (χ4n) is 3.12. The Hall–Kier alpha value is -2.62. The average Bonchev–Trinajstić information content (AvgIpc) is 3.34. The summed E-state index contributed by atoms with van der Waals surface area (Å²) in [6.45, 7) is 2.02. The van der Waals surface area contributed by atoms with Crippen molar-refractivity contribution in [2.45, 2.75) is 32.1 Å². The quantitative estimate of drug-likeness (QED) is 0.767. The molecule has 1 amide bonds. The molecule has 2 aromatic heterocycles. The topological polar surface area (TPSA) is 57.8 Å². The second-order valence-electron chi connectivity index (χ2n) is 6.21. The van der Waals surface area contributed by atoms with Crippen LogP contribution in [-0.2, 0) is 11.2 Å². The highest BCUT2D eigenvalue weighted by atomic mass is 16.1. The maximum absolute atomic E-state index is 12.5. The van der Waals surface area contributed by atoms with Gasteiger partial charge >= 0.3 is 0 Å². The molecule has 1 aliphatic carbocycles. The van der Waals surface area contributed by atoms with Gasteiger partial charge in [-0.1, -0.05) is 18.2 Å². The number of pyridine rings is 1. The summed E-state index contributed by atoms with van der Waals surface area (Å²) in [6.07, 6.45) is 4.50. The van der Waals surface area contributed by atoms with Gasteiger partial charge in [-0.2, -0.15) is 0 Å². The smallest absolute Gasteiger partial charge is 0.228 e. The van der Waals surface area contributed by atoms with Gasteiger partial charge in [-0.15, -0.1) is 0 Å². The number of amides is 1. The van der Waals surface area contributed by atoms with Crippen molar-refractivity contribution in [2.24, 2.45) is 0 Å². The average molecular weight is 305 g/mol. The first-order valence-corrected chi connectivity index (χ1v) is 8.03. The summed E-state index contributed by atoms with van der Waals surface area (Å²) in [5, 5.41) is 4.17. The normalized spacial score (nSPS) is 14.1. The first-order valence-electron chi connectivity index (χ1n) is 8.03. The minimum absolute atomic E-state index is 0.00718. The third-order valence-electron chi connectivity index (χ3n) is 4.44. The van der Waals surface area contributed by atoms with Crippen LogP contribution in [0.4, 0.5) is 5.69 Å². The molecule has 0 unspecified atom stereocenters. The lowest BCUT2D eigenvalue weighted by Gasteiger charge is -2.09. The third kappa shape index (κ3) is 2.72. The number of aromatic nitrogens is 2. The van der Waals surface area contributed by atoms with Gasteiger partial charge in [0.25, 0.3) is 0 Å². The molecule has 4 heteroatoms. The summed E-state index contributed by atoms with van der Waals surface area (Å²) in [4.78, 5) is 20.3. The molecule has 0 saturated heterocycles. The summed E-state index contributed by atoms with van der Waals surface area (Å²) in [5.74, 6) is 0.522. The molecule has 4 nitrogen and oxygen atoms in total. The Kier molecular flexibility index (Phi) is 3.37. The lowest BCUT2D eigenvalue weighted by molar-refractivity contribution is -0.115. The molecule has 0 spiro atoms. The molecule has 0 aliphatic heterocycles. The van der Waals surface area contributed by atoms with Gasteiger partial charge < -0.3 is 10.3 Å². The molecule has 23 heavy (non-hydrogen) atoms. The number of H-pyrrole nitrogens is 1. The minimum atomic E-state index is 0.00718. The molecular weight excluding hydrogens is 286 g/mol. The number of nitrogens with one attached hydrogen (secondary N) is 2. The van der Waals surface area contributed by atoms with Crippen LogP contribution in [0.5, 0.6) is 0 Å². The standard InChI is InChI=1S/C19H19N3O/c1-12-15(14-5-2-3-6-16(14)21-12)11-18(23)22-17-7-4-10-20-19(17)13-8-9-13/h2-7,10,13,21H,8-9,11H2,1H3,(H,22,23). The fraction of sp³-hybridized carbons (Fsp3) is 0.263. The molecule has 116 valence electrons. The van der Waals surface area contributed by atoms with E-state index in [9.17, 15) is 4.79 Å². The van der Waals surface area contributed by atoms with Crippen LogP contribution in [0, 0.1) is 6.92 Å². The summed E-state index contributed by atoms with van der Waals surface area (Å²) in [7, 11) is 0. The van der Waals surface area contributed by atoms with E-state index in [0.29, 0.717) is 12.3 Å². The Morgan fingerprint density at radius 2 is 2.09 bits per heavy atom. The van der Waals surface area contributed by atoms with E-state index >= 15 is 0 Å². The van der Waals surface area contributed by atoms with Gasteiger partial charge in [0.15, 0.2) is 0 Å². The number of benzene rings is 1. The zero-order valence-electron chi connectivity index (χ0n) is 13.1. The van der Waals surface area contributed by atoms with E-state index < -0.39 is 0 Å². The Balaban J connectivity index is 1.57. The van der Waals surface area contributed by atoms with Crippen LogP contribution in [0.25, 0.3) is 10.9 Å². The van der Waals surface area contributed by atoms with E-state index in [4.69, 9.17) is 0 Å². The largest absolute Gasteiger partial charge is 0.358 e. The van der Waals surface area contributed by atoms with E-state index in [2.05, 4.69) is 21.4 Å². The second-order valence-corrected chi connectivity index (χ2v) is 6.21. The van der Waals surface area contributed by atoms with Gasteiger partial charge in [-0.05, 0) is 43.5 Å². The van der Waals surface area contributed by atoms with Crippen LogP contribution in [0.2, 0.25) is 0 Å². The number of fused-ring (bicyclic) bond motifs is 1. The minimum Gasteiger partial charge on any atom is -0.358 e. The summed E-state index contributed by atoms with van der Waals surface area (Å²) in [5.41, 5.74) is 5.08. The van der Waals surface area contributed by atoms with Crippen LogP contribution < -0.4 is 5.32 Å². The number of hydrogen-bond acceptors (Lipinski definition) is 2. The maximum Gasteiger partial charge on any atom is 0.228 e. The highest BCUT2D eigenvalue weighted by Crippen LogP contribution is 2.42. The molecule has 1 aromatic carbocycles. The van der Waals surface area contributed by atoms with E-state index in [1.165, 1.54) is 12.8 Å². The molecule has 3 aromatic rings. The summed E-state index contributed by atoms with van der Waals surface area (Å²) >= 11 is 0. The summed E-state index contributed by atoms with van der Waals surface area (Å²) in [6, 6.07) is 11.9. The predicted octanol–water partition coefficient (Wildman–Crippen LogP) is 3.93. The Morgan fingerprint density at radius 1 is 1.26 bits per heavy atom. The van der Waals surface area contributed by atoms with Crippen molar-refractivity contribution in [3.05, 3.63) is 59.5 Å². The van der Waals surface area contributed by atoms with Crippen molar-refractivity contribution in [3.8, 4) is 0 Å². The summed E-state index contributed by atoms with van der Waals surface area (Å²) < 4.78 is 0. The highest BCUT2D eigenvalue weighted by molar-refractivity contribution is 5.96. The molecule has 2 heterocycles. The zero-order valence-corrected chi connectivity index (χ0v) is 13.1. The zero-order chi connectivity index (χ0) is 15.8. The van der Waals surface area contributed by atoms with E-state index in [0.717, 1.165) is 33.5 Å². The molecule has 2 N–H and O–H groups in total. The van der Waals surface area contributed by atoms with Gasteiger partial charge in [0.1, 0.15) is 0 Å². The van der Waals surface area contributed by atoms with Crippen LogP contribution in [0.1, 0.15) is 35.7 Å². The van der Waals surface area contributed by atoms with E-state index in [1.807, 2.05) is 37.3 Å². The number of rotatable bonds is 4. The number of anilines is 1. The first-order chi connectivity index (χ1) is 11.2. The van der Waals surface area contributed by atoms with Crippen LogP contribution in [0.15, 0.2) is 42.6 Å². The van der Waals surface area contributed by atoms with Crippen LogP contribution in [0.3, 0.4) is 0 Å². The van der Waals surface area contributed by atoms with Crippen LogP contribution in [-0.4, -0.2) is 15.9 Å². The SMILES string of the molecule is Cc1[nH]c2ccccc2c1CC(=O)Nc1cccnc1C1CC1. The molecule has 4 rings (SSSR count). The van der Waals surface area contributed by atoms with Crippen molar-refractivity contribution in [3.63, 3.8) is 0 Å². The molecular formula is C19H19N3O. The highest BCUT2D eigenvalue weighted by Gasteiger charge is 2.27. The Bertz CT molecular complexity index is 877. The number of aromatic amines is 1. The molecule has 0 radical (unpaired) electrons. The van der Waals surface area contributed by atoms with Crippen molar-refractivity contribution in [1.82, 2.24) is 9.97 Å². The van der Waals surface area contributed by atoms with Crippen molar-refractivity contribution in [1.29, 1.82) is 0 Å². The van der Waals surface area contributed by atoms with E-state index in [1.54, 1.807) is 6.20 Å². The number of carbonyl (C=O) groups is 1. The Morgan fingerprint density at radius 3 is 2.91 bits per heavy atom. The Labute approximate surface area is 134 Å². The number of nitrogens with zero attached hydrogens (tertiary/aromatic N) is 1. The van der Waals surface area contributed by atoms with Gasteiger partial charge in [0.05, 0.1) is 17.8 Å². The molecule has 1 aliphatic rings. The molecule has 1 saturated carbocycles. The predicted molar refractivity (Wildman–Crippen MR) is 91.6 cm³/mol. The lowest BCUT2D eigenvalue weighted by Crippen LogP contribution is -2.16. The number of hydrogen-bond donors (Lipinski definition) is 2. The second kappa shape index (κ2) is 5.54. The molecule has 0 bridgehead atoms. The maximum atomic E-state index is 12.5. The molecule has 0 atom stereocenters. The molecule has 1 fully saturated rings. The van der Waals surface area contributed by atoms with Gasteiger partial charge in [-0.3, -0.25) is 9.78 Å². The third-order valence-corrected chi connectivity index (χ3v) is 4.44. The number of aryl methyl sites for hydroxylation is 1. The van der Waals surface area contributed by atoms with Crippen LogP contribution >= 0.6 is 0 Å². The fourth-order valence-corrected chi connectivity index (χ4v) is 3.12. The lowest BCUT2D eigenvalue weighted by atomic mass is 10.1.